The van der Waals surface area contributed by atoms with Crippen LogP contribution in [-0.2, 0) is 6.42 Å². The number of benzene rings is 2. The van der Waals surface area contributed by atoms with E-state index in [1.165, 1.54) is 6.33 Å². The highest BCUT2D eigenvalue weighted by Crippen LogP contribution is 2.21. The summed E-state index contributed by atoms with van der Waals surface area (Å²) in [6, 6.07) is 19.8. The summed E-state index contributed by atoms with van der Waals surface area (Å²) in [5.41, 5.74) is 2.77. The lowest BCUT2D eigenvalue weighted by Crippen LogP contribution is -2.22. The Labute approximate surface area is 151 Å². The normalized spacial score (nSPS) is 12.2. The number of aromatic nitrogens is 4. The SMILES string of the molecule is OC(CNc1ncnc2c1cnn2-c1ccccc1)Cc1ccccc1. The first-order valence-electron chi connectivity index (χ1n) is 8.51. The third-order valence-corrected chi connectivity index (χ3v) is 4.19. The molecule has 0 radical (unpaired) electrons. The van der Waals surface area contributed by atoms with Crippen LogP contribution >= 0.6 is 0 Å². The number of hydrogen-bond acceptors (Lipinski definition) is 5. The van der Waals surface area contributed by atoms with Crippen molar-refractivity contribution < 1.29 is 5.11 Å². The van der Waals surface area contributed by atoms with Gasteiger partial charge in [-0.05, 0) is 17.7 Å². The van der Waals surface area contributed by atoms with E-state index in [2.05, 4.69) is 20.4 Å². The Hall–Kier alpha value is -3.25. The lowest BCUT2D eigenvalue weighted by atomic mass is 10.1. The van der Waals surface area contributed by atoms with Crippen LogP contribution in [0.15, 0.2) is 73.2 Å². The van der Waals surface area contributed by atoms with Crippen LogP contribution < -0.4 is 5.32 Å². The van der Waals surface area contributed by atoms with Crippen LogP contribution in [0.3, 0.4) is 0 Å². The van der Waals surface area contributed by atoms with Crippen LogP contribution in [0.25, 0.3) is 16.7 Å². The van der Waals surface area contributed by atoms with Crippen molar-refractivity contribution in [3.8, 4) is 5.69 Å². The van der Waals surface area contributed by atoms with Gasteiger partial charge in [-0.1, -0.05) is 48.5 Å². The van der Waals surface area contributed by atoms with E-state index in [1.807, 2.05) is 60.7 Å². The van der Waals surface area contributed by atoms with Crippen LogP contribution in [-0.4, -0.2) is 37.5 Å². The Kier molecular flexibility index (Phi) is 4.57. The van der Waals surface area contributed by atoms with Gasteiger partial charge < -0.3 is 10.4 Å². The minimum Gasteiger partial charge on any atom is -0.391 e. The summed E-state index contributed by atoms with van der Waals surface area (Å²) >= 11 is 0. The van der Waals surface area contributed by atoms with Crippen molar-refractivity contribution in [1.29, 1.82) is 0 Å². The smallest absolute Gasteiger partial charge is 0.168 e. The number of nitrogens with one attached hydrogen (secondary N) is 1. The standard InChI is InChI=1S/C20H19N5O/c26-17(11-15-7-3-1-4-8-15)12-21-19-18-13-24-25(20(18)23-14-22-19)16-9-5-2-6-10-16/h1-10,13-14,17,26H,11-12H2,(H,21,22,23). The Morgan fingerprint density at radius 3 is 2.46 bits per heavy atom. The molecule has 0 fully saturated rings. The molecule has 0 amide bonds. The second-order valence-corrected chi connectivity index (χ2v) is 6.08. The van der Waals surface area contributed by atoms with E-state index in [0.717, 1.165) is 22.3 Å². The quantitative estimate of drug-likeness (QED) is 0.562. The zero-order chi connectivity index (χ0) is 17.8. The molecule has 2 N–H and O–H groups in total. The molecular weight excluding hydrogens is 326 g/mol. The van der Waals surface area contributed by atoms with Crippen molar-refractivity contribution in [2.24, 2.45) is 0 Å². The zero-order valence-electron chi connectivity index (χ0n) is 14.2. The van der Waals surface area contributed by atoms with Gasteiger partial charge in [0.1, 0.15) is 12.1 Å². The molecule has 130 valence electrons. The van der Waals surface area contributed by atoms with E-state index in [4.69, 9.17) is 0 Å². The van der Waals surface area contributed by atoms with Gasteiger partial charge in [-0.2, -0.15) is 5.10 Å². The average Bonchev–Trinajstić information content (AvgIpc) is 3.12. The molecule has 0 spiro atoms. The molecule has 26 heavy (non-hydrogen) atoms. The van der Waals surface area contributed by atoms with Crippen molar-refractivity contribution in [2.45, 2.75) is 12.5 Å². The van der Waals surface area contributed by atoms with Crippen LogP contribution in [0.2, 0.25) is 0 Å². The number of hydrogen-bond donors (Lipinski definition) is 2. The average molecular weight is 345 g/mol. The van der Waals surface area contributed by atoms with Crippen molar-refractivity contribution >= 4 is 16.9 Å². The minimum atomic E-state index is -0.508. The third-order valence-electron chi connectivity index (χ3n) is 4.19. The summed E-state index contributed by atoms with van der Waals surface area (Å²) in [6.45, 7) is 0.400. The van der Waals surface area contributed by atoms with E-state index in [-0.39, 0.29) is 0 Å². The molecular formula is C20H19N5O. The molecule has 1 unspecified atom stereocenters. The largest absolute Gasteiger partial charge is 0.391 e. The molecule has 2 aromatic carbocycles. The van der Waals surface area contributed by atoms with Crippen LogP contribution in [0.1, 0.15) is 5.56 Å². The van der Waals surface area contributed by atoms with Crippen molar-refractivity contribution in [1.82, 2.24) is 19.7 Å². The monoisotopic (exact) mass is 345 g/mol. The lowest BCUT2D eigenvalue weighted by Gasteiger charge is -2.12. The van der Waals surface area contributed by atoms with Gasteiger partial charge in [-0.25, -0.2) is 14.6 Å². The highest BCUT2D eigenvalue weighted by atomic mass is 16.3. The summed E-state index contributed by atoms with van der Waals surface area (Å²) in [6.07, 6.45) is 3.33. The van der Waals surface area contributed by atoms with E-state index in [9.17, 15) is 5.11 Å². The number of rotatable bonds is 6. The summed E-state index contributed by atoms with van der Waals surface area (Å²) in [4.78, 5) is 8.67. The van der Waals surface area contributed by atoms with Gasteiger partial charge in [-0.15, -0.1) is 0 Å². The van der Waals surface area contributed by atoms with Gasteiger partial charge in [0.05, 0.1) is 23.4 Å². The molecule has 6 heteroatoms. The highest BCUT2D eigenvalue weighted by molar-refractivity contribution is 5.87. The van der Waals surface area contributed by atoms with Crippen LogP contribution in [0, 0.1) is 0 Å². The number of aliphatic hydroxyl groups excluding tert-OH is 1. The lowest BCUT2D eigenvalue weighted by molar-refractivity contribution is 0.188. The van der Waals surface area contributed by atoms with E-state index >= 15 is 0 Å². The Morgan fingerprint density at radius 1 is 0.962 bits per heavy atom. The Balaban J connectivity index is 1.51. The molecule has 0 aliphatic rings. The van der Waals surface area contributed by atoms with Crippen molar-refractivity contribution in [3.05, 3.63) is 78.8 Å². The first kappa shape index (κ1) is 16.2. The molecule has 2 aromatic heterocycles. The van der Waals surface area contributed by atoms with E-state index < -0.39 is 6.10 Å². The topological polar surface area (TPSA) is 75.9 Å². The number of para-hydroxylation sites is 1. The van der Waals surface area contributed by atoms with Gasteiger partial charge >= 0.3 is 0 Å². The molecule has 4 rings (SSSR count). The van der Waals surface area contributed by atoms with E-state index in [0.29, 0.717) is 18.8 Å². The fourth-order valence-corrected chi connectivity index (χ4v) is 2.92. The van der Waals surface area contributed by atoms with Gasteiger partial charge in [0.2, 0.25) is 0 Å². The second-order valence-electron chi connectivity index (χ2n) is 6.08. The number of anilines is 1. The summed E-state index contributed by atoms with van der Waals surface area (Å²) < 4.78 is 1.78. The number of nitrogens with zero attached hydrogens (tertiary/aromatic N) is 4. The van der Waals surface area contributed by atoms with Gasteiger partial charge in [0.25, 0.3) is 0 Å². The van der Waals surface area contributed by atoms with Crippen molar-refractivity contribution in [2.75, 3.05) is 11.9 Å². The van der Waals surface area contributed by atoms with Crippen LogP contribution in [0.5, 0.6) is 0 Å². The second kappa shape index (κ2) is 7.33. The van der Waals surface area contributed by atoms with Gasteiger partial charge in [0, 0.05) is 13.0 Å². The molecule has 1 atom stereocenters. The predicted molar refractivity (Wildman–Crippen MR) is 101 cm³/mol. The maximum atomic E-state index is 10.3. The minimum absolute atomic E-state index is 0.400. The van der Waals surface area contributed by atoms with Gasteiger partial charge in [0.15, 0.2) is 5.65 Å². The predicted octanol–water partition coefficient (Wildman–Crippen LogP) is 2.83. The van der Waals surface area contributed by atoms with Crippen molar-refractivity contribution in [3.63, 3.8) is 0 Å². The molecule has 0 saturated heterocycles. The zero-order valence-corrected chi connectivity index (χ0v) is 14.2. The molecule has 2 heterocycles. The Bertz CT molecular complexity index is 985. The summed E-state index contributed by atoms with van der Waals surface area (Å²) in [5.74, 6) is 0.671. The molecule has 0 bridgehead atoms. The van der Waals surface area contributed by atoms with Crippen LogP contribution in [0.4, 0.5) is 5.82 Å². The molecule has 0 saturated carbocycles. The highest BCUT2D eigenvalue weighted by Gasteiger charge is 2.12. The molecule has 0 aliphatic heterocycles. The first-order valence-corrected chi connectivity index (χ1v) is 8.51. The first-order chi connectivity index (χ1) is 12.8. The third kappa shape index (κ3) is 3.41. The maximum Gasteiger partial charge on any atom is 0.168 e. The maximum absolute atomic E-state index is 10.3. The van der Waals surface area contributed by atoms with Gasteiger partial charge in [-0.3, -0.25) is 0 Å². The molecule has 6 nitrogen and oxygen atoms in total. The van der Waals surface area contributed by atoms with E-state index in [1.54, 1.807) is 10.9 Å². The number of aliphatic hydroxyl groups is 1. The Morgan fingerprint density at radius 2 is 1.69 bits per heavy atom. The molecule has 4 aromatic rings. The molecule has 0 aliphatic carbocycles. The fourth-order valence-electron chi connectivity index (χ4n) is 2.92. The summed E-state index contributed by atoms with van der Waals surface area (Å²) in [7, 11) is 0. The number of fused-ring (bicyclic) bond motifs is 1. The summed E-state index contributed by atoms with van der Waals surface area (Å²) in [5, 5.41) is 18.8. The fraction of sp³-hybridized carbons (Fsp3) is 0.150.